The van der Waals surface area contributed by atoms with Crippen LogP contribution in [0.3, 0.4) is 0 Å². The van der Waals surface area contributed by atoms with Gasteiger partial charge in [-0.3, -0.25) is 9.80 Å². The number of hydrogen-bond acceptors (Lipinski definition) is 8. The fourth-order valence-corrected chi connectivity index (χ4v) is 3.76. The number of morpholine rings is 2. The average molecular weight is 463 g/mol. The molecule has 2 saturated heterocycles. The van der Waals surface area contributed by atoms with Crippen molar-refractivity contribution < 1.29 is 28.5 Å². The molecule has 0 radical (unpaired) electrons. The molecular formula is C22H39ClN2O6. The highest BCUT2D eigenvalue weighted by atomic mass is 35.5. The van der Waals surface area contributed by atoms with E-state index in [0.717, 1.165) is 77.5 Å². The number of ether oxygens (including phenoxy) is 4. The molecule has 0 aromatic carbocycles. The van der Waals surface area contributed by atoms with Gasteiger partial charge in [0.25, 0.3) is 0 Å². The highest BCUT2D eigenvalue weighted by Gasteiger charge is 2.27. The Morgan fingerprint density at radius 3 is 1.55 bits per heavy atom. The molecule has 2 rings (SSSR count). The number of rotatable bonds is 10. The molecule has 0 unspecified atom stereocenters. The van der Waals surface area contributed by atoms with Gasteiger partial charge in [-0.1, -0.05) is 0 Å². The van der Waals surface area contributed by atoms with Crippen LogP contribution in [0.1, 0.15) is 40.5 Å². The highest BCUT2D eigenvalue weighted by molar-refractivity contribution is 5.91. The van der Waals surface area contributed by atoms with Gasteiger partial charge >= 0.3 is 11.9 Å². The van der Waals surface area contributed by atoms with Crippen LogP contribution in [0.15, 0.2) is 12.2 Å². The maximum absolute atomic E-state index is 11.7. The van der Waals surface area contributed by atoms with E-state index >= 15 is 0 Å². The maximum atomic E-state index is 11.7. The molecule has 31 heavy (non-hydrogen) atoms. The molecule has 0 N–H and O–H groups in total. The van der Waals surface area contributed by atoms with E-state index in [1.807, 2.05) is 0 Å². The molecule has 0 aromatic heterocycles. The SMILES string of the molecule is CC1(C)CN(CCCOC(=O)/C=C/C(=O)OCCCN2CCOC(C)(C)C2)CCO1.Cl. The van der Waals surface area contributed by atoms with Gasteiger partial charge in [0.05, 0.1) is 37.6 Å². The lowest BCUT2D eigenvalue weighted by atomic mass is 10.1. The van der Waals surface area contributed by atoms with Crippen LogP contribution in [-0.4, -0.2) is 98.6 Å². The van der Waals surface area contributed by atoms with Gasteiger partial charge in [-0.15, -0.1) is 12.4 Å². The van der Waals surface area contributed by atoms with E-state index in [1.54, 1.807) is 0 Å². The van der Waals surface area contributed by atoms with Gasteiger partial charge in [0, 0.05) is 51.4 Å². The van der Waals surface area contributed by atoms with Crippen molar-refractivity contribution in [2.75, 3.05) is 65.7 Å². The third kappa shape index (κ3) is 11.8. The third-order valence-corrected chi connectivity index (χ3v) is 5.09. The largest absolute Gasteiger partial charge is 0.462 e. The molecule has 8 nitrogen and oxygen atoms in total. The topological polar surface area (TPSA) is 77.5 Å². The second kappa shape index (κ2) is 13.4. The summed E-state index contributed by atoms with van der Waals surface area (Å²) in [6, 6.07) is 0. The van der Waals surface area contributed by atoms with Crippen molar-refractivity contribution in [2.24, 2.45) is 0 Å². The van der Waals surface area contributed by atoms with E-state index in [1.165, 1.54) is 0 Å². The minimum Gasteiger partial charge on any atom is -0.462 e. The molecule has 0 amide bonds. The van der Waals surface area contributed by atoms with Gasteiger partial charge in [0.1, 0.15) is 0 Å². The summed E-state index contributed by atoms with van der Waals surface area (Å²) in [7, 11) is 0. The number of halogens is 1. The van der Waals surface area contributed by atoms with Crippen LogP contribution in [-0.2, 0) is 28.5 Å². The molecule has 0 bridgehead atoms. The summed E-state index contributed by atoms with van der Waals surface area (Å²) in [5.41, 5.74) is -0.256. The van der Waals surface area contributed by atoms with Crippen LogP contribution in [0.25, 0.3) is 0 Å². The van der Waals surface area contributed by atoms with Crippen LogP contribution in [0, 0.1) is 0 Å². The lowest BCUT2D eigenvalue weighted by molar-refractivity contribution is -0.141. The number of hydrogen-bond donors (Lipinski definition) is 0. The predicted molar refractivity (Wildman–Crippen MR) is 120 cm³/mol. The molecule has 0 spiro atoms. The van der Waals surface area contributed by atoms with Crippen molar-refractivity contribution in [1.29, 1.82) is 0 Å². The van der Waals surface area contributed by atoms with E-state index in [-0.39, 0.29) is 23.6 Å². The minimum atomic E-state index is -0.523. The van der Waals surface area contributed by atoms with Crippen molar-refractivity contribution in [1.82, 2.24) is 9.80 Å². The molecular weight excluding hydrogens is 424 g/mol. The summed E-state index contributed by atoms with van der Waals surface area (Å²) in [5.74, 6) is -1.05. The highest BCUT2D eigenvalue weighted by Crippen LogP contribution is 2.17. The monoisotopic (exact) mass is 462 g/mol. The Bertz CT molecular complexity index is 547. The predicted octanol–water partition coefficient (Wildman–Crippen LogP) is 2.05. The number of carbonyl (C=O) groups is 2. The van der Waals surface area contributed by atoms with Crippen molar-refractivity contribution in [3.05, 3.63) is 12.2 Å². The summed E-state index contributed by atoms with van der Waals surface area (Å²) in [4.78, 5) is 28.1. The van der Waals surface area contributed by atoms with Crippen molar-refractivity contribution in [2.45, 2.75) is 51.7 Å². The van der Waals surface area contributed by atoms with Gasteiger partial charge in [-0.25, -0.2) is 9.59 Å². The van der Waals surface area contributed by atoms with Gasteiger partial charge in [-0.05, 0) is 40.5 Å². The Morgan fingerprint density at radius 2 is 1.19 bits per heavy atom. The molecule has 2 heterocycles. The quantitative estimate of drug-likeness (QED) is 0.277. The van der Waals surface area contributed by atoms with Crippen LogP contribution in [0.2, 0.25) is 0 Å². The van der Waals surface area contributed by atoms with E-state index in [4.69, 9.17) is 18.9 Å². The molecule has 0 saturated carbocycles. The number of carbonyl (C=O) groups excluding carboxylic acids is 2. The molecule has 0 atom stereocenters. The van der Waals surface area contributed by atoms with E-state index < -0.39 is 11.9 Å². The van der Waals surface area contributed by atoms with Gasteiger partial charge in [0.15, 0.2) is 0 Å². The Kier molecular flexibility index (Phi) is 12.0. The normalized spacial score (nSPS) is 21.4. The number of esters is 2. The minimum absolute atomic E-state index is 0. The molecule has 2 fully saturated rings. The zero-order valence-corrected chi connectivity index (χ0v) is 20.2. The molecule has 180 valence electrons. The average Bonchev–Trinajstić information content (AvgIpc) is 2.65. The lowest BCUT2D eigenvalue weighted by Crippen LogP contribution is -2.48. The molecule has 0 aliphatic carbocycles. The van der Waals surface area contributed by atoms with E-state index in [2.05, 4.69) is 37.5 Å². The first-order valence-corrected chi connectivity index (χ1v) is 10.9. The Morgan fingerprint density at radius 1 is 0.806 bits per heavy atom. The summed E-state index contributed by atoms with van der Waals surface area (Å²) in [5, 5.41) is 0. The number of nitrogens with zero attached hydrogens (tertiary/aromatic N) is 2. The zero-order chi connectivity index (χ0) is 22.0. The van der Waals surface area contributed by atoms with Crippen LogP contribution < -0.4 is 0 Å². The first kappa shape index (κ1) is 27.8. The Labute approximate surface area is 192 Å². The van der Waals surface area contributed by atoms with Crippen molar-refractivity contribution in [3.8, 4) is 0 Å². The first-order valence-electron chi connectivity index (χ1n) is 10.9. The summed E-state index contributed by atoms with van der Waals surface area (Å²) in [6.45, 7) is 15.6. The first-order chi connectivity index (χ1) is 14.2. The fourth-order valence-electron chi connectivity index (χ4n) is 3.76. The fraction of sp³-hybridized carbons (Fsp3) is 0.818. The Balaban J connectivity index is 0.00000480. The third-order valence-electron chi connectivity index (χ3n) is 5.09. The molecule has 9 heteroatoms. The standard InChI is InChI=1S/C22H38N2O6.ClH/c1-21(2)17-23(11-15-29-21)9-5-13-27-19(25)7-8-20(26)28-14-6-10-24-12-16-30-22(3,4)18-24;/h7-8H,5-6,9-18H2,1-4H3;1H/b8-7+;. The lowest BCUT2D eigenvalue weighted by Gasteiger charge is -2.38. The second-order valence-corrected chi connectivity index (χ2v) is 9.14. The summed E-state index contributed by atoms with van der Waals surface area (Å²) >= 11 is 0. The second-order valence-electron chi connectivity index (χ2n) is 9.14. The van der Waals surface area contributed by atoms with Gasteiger partial charge in [0.2, 0.25) is 0 Å². The summed E-state index contributed by atoms with van der Waals surface area (Å²) in [6.07, 6.45) is 3.76. The van der Waals surface area contributed by atoms with Crippen LogP contribution in [0.5, 0.6) is 0 Å². The molecule has 0 aromatic rings. The van der Waals surface area contributed by atoms with E-state index in [0.29, 0.717) is 13.2 Å². The maximum Gasteiger partial charge on any atom is 0.331 e. The van der Waals surface area contributed by atoms with Gasteiger partial charge in [-0.2, -0.15) is 0 Å². The van der Waals surface area contributed by atoms with Crippen LogP contribution in [0.4, 0.5) is 0 Å². The summed E-state index contributed by atoms with van der Waals surface area (Å²) < 4.78 is 21.7. The molecule has 2 aliphatic heterocycles. The smallest absolute Gasteiger partial charge is 0.331 e. The van der Waals surface area contributed by atoms with Gasteiger partial charge < -0.3 is 18.9 Å². The van der Waals surface area contributed by atoms with Crippen molar-refractivity contribution in [3.63, 3.8) is 0 Å². The van der Waals surface area contributed by atoms with Crippen LogP contribution >= 0.6 is 12.4 Å². The zero-order valence-electron chi connectivity index (χ0n) is 19.4. The Hall–Kier alpha value is -1.19. The molecule has 2 aliphatic rings. The van der Waals surface area contributed by atoms with Crippen molar-refractivity contribution >= 4 is 24.3 Å². The van der Waals surface area contributed by atoms with E-state index in [9.17, 15) is 9.59 Å².